The fourth-order valence-corrected chi connectivity index (χ4v) is 2.18. The van der Waals surface area contributed by atoms with Gasteiger partial charge in [-0.2, -0.15) is 48.8 Å². The maximum atomic E-state index is 10.1. The molecule has 32 heavy (non-hydrogen) atoms. The normalized spacial score (nSPS) is 13.2. The smallest absolute Gasteiger partial charge is 0.321 e. The first-order valence-electron chi connectivity index (χ1n) is 8.86. The molecule has 12 nitrogen and oxygen atoms in total. The van der Waals surface area contributed by atoms with Crippen molar-refractivity contribution in [1.29, 1.82) is 0 Å². The van der Waals surface area contributed by atoms with E-state index in [-0.39, 0.29) is 11.5 Å². The number of nitrogens with two attached hydrogens (primary N) is 4. The molecule has 0 aromatic carbocycles. The zero-order valence-corrected chi connectivity index (χ0v) is 21.4. The van der Waals surface area contributed by atoms with Crippen molar-refractivity contribution in [3.8, 4) is 0 Å². The average molecular weight is 541 g/mol. The van der Waals surface area contributed by atoms with Crippen LogP contribution in [0.15, 0.2) is 0 Å². The predicted octanol–water partition coefficient (Wildman–Crippen LogP) is -1.04. The Bertz CT molecular complexity index is 476. The summed E-state index contributed by atoms with van der Waals surface area (Å²) in [5.41, 5.74) is 20.3. The number of thiol groups is 2. The van der Waals surface area contributed by atoms with Crippen LogP contribution in [-0.4, -0.2) is 104 Å². The highest BCUT2D eigenvalue weighted by Gasteiger charge is 2.10. The van der Waals surface area contributed by atoms with Crippen LogP contribution < -0.4 is 22.9 Å². The summed E-state index contributed by atoms with van der Waals surface area (Å²) >= 11 is 10.5. The van der Waals surface area contributed by atoms with Crippen LogP contribution in [-0.2, 0) is 19.2 Å². The Morgan fingerprint density at radius 2 is 0.844 bits per heavy atom. The quantitative estimate of drug-likeness (QED) is 0.133. The number of carboxylic acid groups (broad SMARTS) is 4. The van der Waals surface area contributed by atoms with E-state index in [1.54, 1.807) is 23.5 Å². The van der Waals surface area contributed by atoms with Gasteiger partial charge in [-0.1, -0.05) is 0 Å². The number of carboxylic acids is 4. The second-order valence-electron chi connectivity index (χ2n) is 5.71. The highest BCUT2D eigenvalue weighted by molar-refractivity contribution is 7.98. The molecule has 0 spiro atoms. The Labute approximate surface area is 207 Å². The van der Waals surface area contributed by atoms with E-state index in [9.17, 15) is 19.2 Å². The Morgan fingerprint density at radius 3 is 0.938 bits per heavy atom. The van der Waals surface area contributed by atoms with E-state index >= 15 is 0 Å². The first-order valence-corrected chi connectivity index (χ1v) is 12.9. The fraction of sp³-hybridized carbons (Fsp3) is 0.750. The average Bonchev–Trinajstić information content (AvgIpc) is 2.75. The van der Waals surface area contributed by atoms with Crippen molar-refractivity contribution < 1.29 is 39.6 Å². The first kappa shape index (κ1) is 38.4. The van der Waals surface area contributed by atoms with E-state index < -0.39 is 48.0 Å². The molecule has 0 bridgehead atoms. The number of aliphatic carboxylic acids is 4. The topological polar surface area (TPSA) is 253 Å². The fourth-order valence-electron chi connectivity index (χ4n) is 0.893. The van der Waals surface area contributed by atoms with Gasteiger partial charge in [-0.05, 0) is 36.9 Å². The third-order valence-electron chi connectivity index (χ3n) is 2.93. The number of rotatable bonds is 12. The zero-order chi connectivity index (χ0) is 26.3. The second kappa shape index (κ2) is 26.4. The van der Waals surface area contributed by atoms with Gasteiger partial charge < -0.3 is 43.4 Å². The van der Waals surface area contributed by atoms with Crippen molar-refractivity contribution >= 4 is 72.7 Å². The standard InChI is InChI=1S/2C5H11NO2S.2C3H7NO2S/c2*1-9-3-2-4(6)5(7)8;2*4-2(1-7)3(5)6/h2*4H,2-3,6H2,1H3,(H,7,8);2*2,7H,1,4H2,(H,5,6). The SMILES string of the molecule is CSCCC(N)C(=O)O.CSCCC(N)C(=O)O.NC(CS)C(=O)O.NC(CS)C(=O)O. The van der Waals surface area contributed by atoms with Crippen LogP contribution in [0.25, 0.3) is 0 Å². The van der Waals surface area contributed by atoms with Gasteiger partial charge in [0, 0.05) is 11.5 Å². The van der Waals surface area contributed by atoms with Crippen molar-refractivity contribution in [2.24, 2.45) is 22.9 Å². The van der Waals surface area contributed by atoms with Crippen LogP contribution in [0.1, 0.15) is 12.8 Å². The molecule has 0 aromatic rings. The first-order chi connectivity index (χ1) is 14.7. The van der Waals surface area contributed by atoms with E-state index in [1.165, 1.54) is 0 Å². The van der Waals surface area contributed by atoms with Gasteiger partial charge in [0.25, 0.3) is 0 Å². The highest BCUT2D eigenvalue weighted by atomic mass is 32.2. The van der Waals surface area contributed by atoms with Gasteiger partial charge in [0.1, 0.15) is 24.2 Å². The highest BCUT2D eigenvalue weighted by Crippen LogP contribution is 1.98. The Morgan fingerprint density at radius 1 is 0.625 bits per heavy atom. The maximum absolute atomic E-state index is 10.1. The van der Waals surface area contributed by atoms with E-state index in [4.69, 9.17) is 43.4 Å². The summed E-state index contributed by atoms with van der Waals surface area (Å²) in [4.78, 5) is 39.7. The summed E-state index contributed by atoms with van der Waals surface area (Å²) < 4.78 is 0. The summed E-state index contributed by atoms with van der Waals surface area (Å²) in [5.74, 6) is -1.83. The van der Waals surface area contributed by atoms with Gasteiger partial charge in [-0.3, -0.25) is 19.2 Å². The maximum Gasteiger partial charge on any atom is 0.321 e. The second-order valence-corrected chi connectivity index (χ2v) is 8.41. The molecule has 192 valence electrons. The Hall–Kier alpha value is -0.880. The van der Waals surface area contributed by atoms with E-state index in [0.29, 0.717) is 12.8 Å². The minimum absolute atomic E-state index is 0.190. The molecule has 0 radical (unpaired) electrons. The molecule has 0 aromatic heterocycles. The number of thioether (sulfide) groups is 2. The molecule has 16 heteroatoms. The molecular formula is C16H36N4O8S4. The third kappa shape index (κ3) is 31.3. The molecule has 0 aliphatic heterocycles. The molecule has 0 saturated carbocycles. The number of hydrogen-bond donors (Lipinski definition) is 10. The minimum Gasteiger partial charge on any atom is -0.480 e. The summed E-state index contributed by atoms with van der Waals surface area (Å²) in [6, 6.07) is -3.00. The lowest BCUT2D eigenvalue weighted by Crippen LogP contribution is -2.31. The van der Waals surface area contributed by atoms with Gasteiger partial charge in [0.15, 0.2) is 0 Å². The molecular weight excluding hydrogens is 504 g/mol. The molecule has 0 saturated heterocycles. The van der Waals surface area contributed by atoms with Gasteiger partial charge in [0.05, 0.1) is 0 Å². The van der Waals surface area contributed by atoms with E-state index in [0.717, 1.165) is 11.5 Å². The molecule has 4 unspecified atom stereocenters. The van der Waals surface area contributed by atoms with Crippen LogP contribution in [0.4, 0.5) is 0 Å². The summed E-state index contributed by atoms with van der Waals surface area (Å²) in [5, 5.41) is 32.6. The van der Waals surface area contributed by atoms with Gasteiger partial charge in [-0.15, -0.1) is 0 Å². The van der Waals surface area contributed by atoms with Crippen LogP contribution in [0.2, 0.25) is 0 Å². The predicted molar refractivity (Wildman–Crippen MR) is 136 cm³/mol. The largest absolute Gasteiger partial charge is 0.480 e. The summed E-state index contributed by atoms with van der Waals surface area (Å²) in [6.45, 7) is 0. The summed E-state index contributed by atoms with van der Waals surface area (Å²) in [6.07, 6.45) is 4.95. The lowest BCUT2D eigenvalue weighted by atomic mass is 10.2. The Kier molecular flexibility index (Phi) is 31.6. The zero-order valence-electron chi connectivity index (χ0n) is 18.0. The van der Waals surface area contributed by atoms with Gasteiger partial charge in [0.2, 0.25) is 0 Å². The monoisotopic (exact) mass is 540 g/mol. The number of carbonyl (C=O) groups is 4. The molecule has 0 heterocycles. The van der Waals surface area contributed by atoms with E-state index in [2.05, 4.69) is 25.3 Å². The lowest BCUT2D eigenvalue weighted by molar-refractivity contribution is -0.139. The van der Waals surface area contributed by atoms with E-state index in [1.807, 2.05) is 12.5 Å². The Balaban J connectivity index is -0.000000165. The van der Waals surface area contributed by atoms with Crippen LogP contribution >= 0.6 is 48.8 Å². The van der Waals surface area contributed by atoms with Crippen LogP contribution in [0, 0.1) is 0 Å². The van der Waals surface area contributed by atoms with Gasteiger partial charge in [-0.25, -0.2) is 0 Å². The van der Waals surface area contributed by atoms with Crippen molar-refractivity contribution in [2.75, 3.05) is 35.5 Å². The van der Waals surface area contributed by atoms with Crippen molar-refractivity contribution in [3.05, 3.63) is 0 Å². The van der Waals surface area contributed by atoms with Crippen LogP contribution in [0.3, 0.4) is 0 Å². The number of hydrogen-bond acceptors (Lipinski definition) is 12. The minimum atomic E-state index is -1.00. The molecule has 12 N–H and O–H groups in total. The van der Waals surface area contributed by atoms with Crippen molar-refractivity contribution in [2.45, 2.75) is 37.0 Å². The molecule has 0 rings (SSSR count). The third-order valence-corrected chi connectivity index (χ3v) is 5.00. The molecule has 0 aliphatic carbocycles. The van der Waals surface area contributed by atoms with Crippen molar-refractivity contribution in [1.82, 2.24) is 0 Å². The molecule has 0 aliphatic rings. The molecule has 0 amide bonds. The van der Waals surface area contributed by atoms with Gasteiger partial charge >= 0.3 is 23.9 Å². The molecule has 0 fully saturated rings. The lowest BCUT2D eigenvalue weighted by Gasteiger charge is -2.02. The summed E-state index contributed by atoms with van der Waals surface area (Å²) in [7, 11) is 0. The molecule has 4 atom stereocenters. The van der Waals surface area contributed by atoms with Crippen molar-refractivity contribution in [3.63, 3.8) is 0 Å². The van der Waals surface area contributed by atoms with Crippen LogP contribution in [0.5, 0.6) is 0 Å².